The molecule has 0 aromatic heterocycles. The van der Waals surface area contributed by atoms with Gasteiger partial charge >= 0.3 is 5.97 Å². The van der Waals surface area contributed by atoms with Crippen molar-refractivity contribution in [2.24, 2.45) is 5.92 Å². The van der Waals surface area contributed by atoms with Crippen molar-refractivity contribution in [3.05, 3.63) is 58.0 Å². The van der Waals surface area contributed by atoms with Gasteiger partial charge in [-0.15, -0.1) is 0 Å². The molecule has 0 unspecified atom stereocenters. The zero-order valence-corrected chi connectivity index (χ0v) is 18.7. The van der Waals surface area contributed by atoms with Crippen molar-refractivity contribution in [2.45, 2.75) is 46.6 Å². The number of ether oxygens (including phenoxy) is 1. The summed E-state index contributed by atoms with van der Waals surface area (Å²) in [6.45, 7) is 8.72. The first kappa shape index (κ1) is 23.8. The SMILES string of the molecule is CC[C@H](C)C=C(C)C=CC1=CC2=C(Cl)C(=O)[C@](C)(OC(C)=O)C(=O)C2=CN1CCO. The predicted molar refractivity (Wildman–Crippen MR) is 115 cm³/mol. The summed E-state index contributed by atoms with van der Waals surface area (Å²) in [5.41, 5.74) is 0.200. The smallest absolute Gasteiger partial charge is 0.304 e. The maximum Gasteiger partial charge on any atom is 0.304 e. The van der Waals surface area contributed by atoms with Crippen LogP contribution < -0.4 is 0 Å². The van der Waals surface area contributed by atoms with Gasteiger partial charge in [-0.25, -0.2) is 0 Å². The summed E-state index contributed by atoms with van der Waals surface area (Å²) in [5.74, 6) is -1.70. The molecule has 0 radical (unpaired) electrons. The number of hydrogen-bond acceptors (Lipinski definition) is 6. The van der Waals surface area contributed by atoms with Crippen LogP contribution in [-0.4, -0.2) is 46.3 Å². The van der Waals surface area contributed by atoms with Gasteiger partial charge in [-0.1, -0.05) is 49.6 Å². The fourth-order valence-electron chi connectivity index (χ4n) is 3.33. The van der Waals surface area contributed by atoms with Crippen LogP contribution in [0.25, 0.3) is 0 Å². The first-order chi connectivity index (χ1) is 14.0. The maximum atomic E-state index is 13.0. The molecule has 162 valence electrons. The van der Waals surface area contributed by atoms with Crippen molar-refractivity contribution in [1.82, 2.24) is 4.90 Å². The molecule has 2 atom stereocenters. The quantitative estimate of drug-likeness (QED) is 0.375. The molecule has 0 saturated carbocycles. The van der Waals surface area contributed by atoms with Gasteiger partial charge in [0.1, 0.15) is 0 Å². The molecule has 2 aliphatic rings. The summed E-state index contributed by atoms with van der Waals surface area (Å²) in [6, 6.07) is 0. The van der Waals surface area contributed by atoms with Gasteiger partial charge in [0.05, 0.1) is 11.6 Å². The standard InChI is InChI=1S/C23H28ClNO5/c1-6-14(2)11-15(3)7-8-17-12-18-19(13-25(17)9-10-26)21(28)23(5,30-16(4)27)22(29)20(18)24/h7-8,11-14,26H,6,9-10H2,1-5H3/t14-,23+/m0/s1. The van der Waals surface area contributed by atoms with E-state index in [1.807, 2.05) is 19.1 Å². The Morgan fingerprint density at radius 3 is 2.57 bits per heavy atom. The summed E-state index contributed by atoms with van der Waals surface area (Å²) in [7, 11) is 0. The molecule has 6 nitrogen and oxygen atoms in total. The summed E-state index contributed by atoms with van der Waals surface area (Å²) < 4.78 is 5.06. The summed E-state index contributed by atoms with van der Waals surface area (Å²) in [4.78, 5) is 39.0. The number of esters is 1. The van der Waals surface area contributed by atoms with E-state index in [9.17, 15) is 19.5 Å². The van der Waals surface area contributed by atoms with Crippen LogP contribution in [0.4, 0.5) is 0 Å². The van der Waals surface area contributed by atoms with Gasteiger partial charge in [-0.3, -0.25) is 14.4 Å². The molecular formula is C23H28ClNO5. The third-order valence-electron chi connectivity index (χ3n) is 5.14. The molecule has 0 spiro atoms. The largest absolute Gasteiger partial charge is 0.443 e. The third-order valence-corrected chi connectivity index (χ3v) is 5.52. The number of carbonyl (C=O) groups excluding carboxylic acids is 3. The second-order valence-corrected chi connectivity index (χ2v) is 8.05. The van der Waals surface area contributed by atoms with E-state index in [0.717, 1.165) is 18.9 Å². The van der Waals surface area contributed by atoms with E-state index in [0.29, 0.717) is 11.6 Å². The Morgan fingerprint density at radius 2 is 2.00 bits per heavy atom. The van der Waals surface area contributed by atoms with Crippen molar-refractivity contribution in [1.29, 1.82) is 0 Å². The van der Waals surface area contributed by atoms with E-state index in [1.165, 1.54) is 13.1 Å². The number of halogens is 1. The molecule has 2 rings (SSSR count). The lowest BCUT2D eigenvalue weighted by atomic mass is 9.79. The van der Waals surface area contributed by atoms with Crippen LogP contribution >= 0.6 is 11.6 Å². The number of allylic oxidation sites excluding steroid dienone is 6. The van der Waals surface area contributed by atoms with E-state index < -0.39 is 23.1 Å². The zero-order chi connectivity index (χ0) is 22.6. The molecular weight excluding hydrogens is 406 g/mol. The summed E-state index contributed by atoms with van der Waals surface area (Å²) in [5, 5.41) is 9.30. The molecule has 0 aromatic rings. The average Bonchev–Trinajstić information content (AvgIpc) is 2.69. The van der Waals surface area contributed by atoms with Crippen LogP contribution in [0.3, 0.4) is 0 Å². The van der Waals surface area contributed by atoms with Gasteiger partial charge in [-0.05, 0) is 31.9 Å². The van der Waals surface area contributed by atoms with Gasteiger partial charge in [-0.2, -0.15) is 0 Å². The fraction of sp³-hybridized carbons (Fsp3) is 0.435. The molecule has 1 N–H and O–H groups in total. The highest BCUT2D eigenvalue weighted by Crippen LogP contribution is 2.39. The second kappa shape index (κ2) is 9.58. The number of fused-ring (bicyclic) bond motifs is 1. The molecule has 1 aliphatic heterocycles. The number of aliphatic hydroxyl groups is 1. The van der Waals surface area contributed by atoms with Gasteiger partial charge in [0.15, 0.2) is 0 Å². The number of hydrogen-bond donors (Lipinski definition) is 1. The van der Waals surface area contributed by atoms with E-state index in [2.05, 4.69) is 19.9 Å². The first-order valence-electron chi connectivity index (χ1n) is 9.92. The predicted octanol–water partition coefficient (Wildman–Crippen LogP) is 3.58. The minimum Gasteiger partial charge on any atom is -0.443 e. The van der Waals surface area contributed by atoms with E-state index in [-0.39, 0.29) is 29.3 Å². The molecule has 30 heavy (non-hydrogen) atoms. The molecule has 7 heteroatoms. The number of ketones is 2. The molecule has 1 aliphatic carbocycles. The van der Waals surface area contributed by atoms with Gasteiger partial charge in [0.25, 0.3) is 0 Å². The van der Waals surface area contributed by atoms with Crippen molar-refractivity contribution >= 4 is 29.1 Å². The Balaban J connectivity index is 2.52. The maximum absolute atomic E-state index is 13.0. The highest BCUT2D eigenvalue weighted by atomic mass is 35.5. The van der Waals surface area contributed by atoms with Crippen LogP contribution in [0.2, 0.25) is 0 Å². The zero-order valence-electron chi connectivity index (χ0n) is 18.0. The summed E-state index contributed by atoms with van der Waals surface area (Å²) >= 11 is 6.31. The normalized spacial score (nSPS) is 23.4. The molecule has 0 amide bonds. The molecule has 0 fully saturated rings. The average molecular weight is 434 g/mol. The topological polar surface area (TPSA) is 83.9 Å². The molecule has 0 saturated heterocycles. The van der Waals surface area contributed by atoms with Crippen molar-refractivity contribution in [3.63, 3.8) is 0 Å². The van der Waals surface area contributed by atoms with E-state index >= 15 is 0 Å². The minimum absolute atomic E-state index is 0.141. The van der Waals surface area contributed by atoms with Crippen molar-refractivity contribution in [3.8, 4) is 0 Å². The van der Waals surface area contributed by atoms with Crippen molar-refractivity contribution < 1.29 is 24.2 Å². The lowest BCUT2D eigenvalue weighted by molar-refractivity contribution is -0.167. The van der Waals surface area contributed by atoms with Crippen molar-refractivity contribution in [2.75, 3.05) is 13.2 Å². The van der Waals surface area contributed by atoms with E-state index in [4.69, 9.17) is 16.3 Å². The number of β-amino-alcohol motifs (C(OH)–C–C–N with tert-alkyl or cyclic N) is 1. The Morgan fingerprint density at radius 1 is 1.33 bits per heavy atom. The molecule has 0 aromatic carbocycles. The highest BCUT2D eigenvalue weighted by Gasteiger charge is 2.52. The van der Waals surface area contributed by atoms with Crippen LogP contribution in [0.1, 0.15) is 41.0 Å². The number of aliphatic hydroxyl groups excluding tert-OH is 1. The lowest BCUT2D eigenvalue weighted by Crippen LogP contribution is -2.52. The summed E-state index contributed by atoms with van der Waals surface area (Å²) in [6.07, 6.45) is 10.2. The lowest BCUT2D eigenvalue weighted by Gasteiger charge is -2.35. The van der Waals surface area contributed by atoms with Crippen LogP contribution in [0.15, 0.2) is 58.0 Å². The number of carbonyl (C=O) groups is 3. The first-order valence-corrected chi connectivity index (χ1v) is 10.3. The molecule has 1 heterocycles. The Hall–Kier alpha value is -2.44. The minimum atomic E-state index is -2.00. The van der Waals surface area contributed by atoms with Crippen LogP contribution in [-0.2, 0) is 19.1 Å². The van der Waals surface area contributed by atoms with Gasteiger partial charge in [0, 0.05) is 36.5 Å². The van der Waals surface area contributed by atoms with Gasteiger partial charge in [0.2, 0.25) is 17.2 Å². The Bertz CT molecular complexity index is 909. The number of nitrogens with zero attached hydrogens (tertiary/aromatic N) is 1. The van der Waals surface area contributed by atoms with E-state index in [1.54, 1.807) is 11.0 Å². The second-order valence-electron chi connectivity index (χ2n) is 7.67. The van der Waals surface area contributed by atoms with Crippen LogP contribution in [0, 0.1) is 5.92 Å². The highest BCUT2D eigenvalue weighted by molar-refractivity contribution is 6.49. The third kappa shape index (κ3) is 4.82. The van der Waals surface area contributed by atoms with Crippen LogP contribution in [0.5, 0.6) is 0 Å². The number of rotatable bonds is 7. The Labute approximate surface area is 182 Å². The van der Waals surface area contributed by atoms with Gasteiger partial charge < -0.3 is 14.7 Å². The molecule has 0 bridgehead atoms. The number of Topliss-reactive ketones (excluding diaryl/α,β-unsaturated/α-hetero) is 2. The monoisotopic (exact) mass is 433 g/mol. The fourth-order valence-corrected chi connectivity index (χ4v) is 3.66. The Kier molecular flexibility index (Phi) is 7.61.